The van der Waals surface area contributed by atoms with Gasteiger partial charge < -0.3 is 18.6 Å². The normalized spacial score (nSPS) is 11.4. The van der Waals surface area contributed by atoms with Gasteiger partial charge in [-0.05, 0) is 49.6 Å². The van der Waals surface area contributed by atoms with Crippen molar-refractivity contribution < 1.29 is 36.6 Å². The second kappa shape index (κ2) is 9.33. The molecule has 0 aliphatic heterocycles. The van der Waals surface area contributed by atoms with Gasteiger partial charge in [0.15, 0.2) is 6.61 Å². The summed E-state index contributed by atoms with van der Waals surface area (Å²) in [7, 11) is 0. The third kappa shape index (κ3) is 5.22. The fourth-order valence-electron chi connectivity index (χ4n) is 2.85. The molecule has 0 aliphatic carbocycles. The van der Waals surface area contributed by atoms with Crippen molar-refractivity contribution >= 4 is 16.9 Å². The van der Waals surface area contributed by atoms with Gasteiger partial charge in [-0.25, -0.2) is 4.79 Å². The SMILES string of the molecule is CCCOC(=O)COc1ccc2c(=O)c(Oc3cc(C)ccc3C)c(C(F)(F)F)oc2c1. The first-order valence-corrected chi connectivity index (χ1v) is 9.81. The van der Waals surface area contributed by atoms with Crippen LogP contribution in [0.4, 0.5) is 13.2 Å². The van der Waals surface area contributed by atoms with Gasteiger partial charge in [-0.2, -0.15) is 13.2 Å². The van der Waals surface area contributed by atoms with Gasteiger partial charge in [0.2, 0.25) is 11.2 Å². The number of halogens is 3. The van der Waals surface area contributed by atoms with E-state index in [0.29, 0.717) is 12.0 Å². The third-order valence-corrected chi connectivity index (χ3v) is 4.46. The highest BCUT2D eigenvalue weighted by molar-refractivity contribution is 5.80. The number of hydrogen-bond acceptors (Lipinski definition) is 6. The van der Waals surface area contributed by atoms with E-state index in [0.717, 1.165) is 11.6 Å². The molecule has 0 aliphatic rings. The van der Waals surface area contributed by atoms with Crippen molar-refractivity contribution in [2.45, 2.75) is 33.4 Å². The molecule has 32 heavy (non-hydrogen) atoms. The molecule has 170 valence electrons. The molecular formula is C23H21F3O6. The van der Waals surface area contributed by atoms with Crippen LogP contribution in [0.5, 0.6) is 17.2 Å². The number of ether oxygens (including phenoxy) is 3. The largest absolute Gasteiger partial charge is 0.482 e. The molecule has 0 amide bonds. The van der Waals surface area contributed by atoms with E-state index < -0.39 is 35.7 Å². The number of carbonyl (C=O) groups is 1. The van der Waals surface area contributed by atoms with E-state index in [1.54, 1.807) is 26.0 Å². The Labute approximate surface area is 181 Å². The molecule has 1 aromatic heterocycles. The van der Waals surface area contributed by atoms with Crippen LogP contribution in [0.15, 0.2) is 45.6 Å². The van der Waals surface area contributed by atoms with Crippen molar-refractivity contribution in [3.05, 3.63) is 63.5 Å². The molecule has 1 heterocycles. The number of alkyl halides is 3. The second-order valence-electron chi connectivity index (χ2n) is 7.13. The Morgan fingerprint density at radius 2 is 1.84 bits per heavy atom. The van der Waals surface area contributed by atoms with Crippen LogP contribution in [-0.2, 0) is 15.7 Å². The molecule has 0 fully saturated rings. The number of hydrogen-bond donors (Lipinski definition) is 0. The van der Waals surface area contributed by atoms with Crippen molar-refractivity contribution in [2.24, 2.45) is 0 Å². The zero-order valence-electron chi connectivity index (χ0n) is 17.7. The van der Waals surface area contributed by atoms with Gasteiger partial charge in [0.1, 0.15) is 17.1 Å². The molecule has 3 rings (SSSR count). The molecular weight excluding hydrogens is 429 g/mol. The quantitative estimate of drug-likeness (QED) is 0.439. The second-order valence-corrected chi connectivity index (χ2v) is 7.13. The van der Waals surface area contributed by atoms with Crippen LogP contribution < -0.4 is 14.9 Å². The monoisotopic (exact) mass is 450 g/mol. The molecule has 0 spiro atoms. The van der Waals surface area contributed by atoms with E-state index in [-0.39, 0.29) is 29.1 Å². The number of rotatable bonds is 7. The van der Waals surface area contributed by atoms with E-state index in [2.05, 4.69) is 0 Å². The van der Waals surface area contributed by atoms with Crippen molar-refractivity contribution in [1.82, 2.24) is 0 Å². The van der Waals surface area contributed by atoms with Crippen LogP contribution >= 0.6 is 0 Å². The zero-order chi connectivity index (χ0) is 23.5. The minimum Gasteiger partial charge on any atom is -0.482 e. The zero-order valence-corrected chi connectivity index (χ0v) is 17.7. The maximum atomic E-state index is 13.7. The topological polar surface area (TPSA) is 75.0 Å². The highest BCUT2D eigenvalue weighted by Gasteiger charge is 2.40. The minimum atomic E-state index is -4.98. The fraction of sp³-hybridized carbons (Fsp3) is 0.304. The lowest BCUT2D eigenvalue weighted by atomic mass is 10.1. The maximum absolute atomic E-state index is 13.7. The lowest BCUT2D eigenvalue weighted by Crippen LogP contribution is -2.16. The van der Waals surface area contributed by atoms with Gasteiger partial charge in [-0.3, -0.25) is 4.79 Å². The molecule has 6 nitrogen and oxygen atoms in total. The Hall–Kier alpha value is -3.49. The van der Waals surface area contributed by atoms with E-state index in [4.69, 9.17) is 18.6 Å². The molecule has 0 radical (unpaired) electrons. The van der Waals surface area contributed by atoms with Gasteiger partial charge in [0.05, 0.1) is 12.0 Å². The summed E-state index contributed by atoms with van der Waals surface area (Å²) < 4.78 is 61.7. The van der Waals surface area contributed by atoms with Crippen LogP contribution in [0.1, 0.15) is 30.2 Å². The minimum absolute atomic E-state index is 0.0467. The maximum Gasteiger partial charge on any atom is 0.453 e. The summed E-state index contributed by atoms with van der Waals surface area (Å²) in [5.41, 5.74) is -0.0195. The molecule has 0 unspecified atom stereocenters. The summed E-state index contributed by atoms with van der Waals surface area (Å²) in [4.78, 5) is 24.5. The Kier molecular flexibility index (Phi) is 6.76. The summed E-state index contributed by atoms with van der Waals surface area (Å²) >= 11 is 0. The molecule has 0 saturated carbocycles. The Morgan fingerprint density at radius 1 is 1.09 bits per heavy atom. The van der Waals surface area contributed by atoms with E-state index in [1.807, 2.05) is 6.92 Å². The Balaban J connectivity index is 2.02. The fourth-order valence-corrected chi connectivity index (χ4v) is 2.85. The van der Waals surface area contributed by atoms with Gasteiger partial charge in [0.25, 0.3) is 5.76 Å². The predicted molar refractivity (Wildman–Crippen MR) is 110 cm³/mol. The van der Waals surface area contributed by atoms with E-state index in [9.17, 15) is 22.8 Å². The number of carbonyl (C=O) groups excluding carboxylic acids is 1. The lowest BCUT2D eigenvalue weighted by Gasteiger charge is -2.15. The predicted octanol–water partition coefficient (Wildman–Crippen LogP) is 5.55. The van der Waals surface area contributed by atoms with Crippen LogP contribution in [-0.4, -0.2) is 19.2 Å². The number of esters is 1. The molecule has 0 atom stereocenters. The Bertz CT molecular complexity index is 1200. The first kappa shape index (κ1) is 23.2. The summed E-state index contributed by atoms with van der Waals surface area (Å²) in [6.45, 7) is 5.03. The van der Waals surface area contributed by atoms with E-state index in [1.165, 1.54) is 18.2 Å². The number of fused-ring (bicyclic) bond motifs is 1. The molecule has 3 aromatic rings. The Morgan fingerprint density at radius 3 is 2.53 bits per heavy atom. The molecule has 9 heteroatoms. The van der Waals surface area contributed by atoms with Crippen LogP contribution in [0.25, 0.3) is 11.0 Å². The third-order valence-electron chi connectivity index (χ3n) is 4.46. The van der Waals surface area contributed by atoms with Gasteiger partial charge in [-0.15, -0.1) is 0 Å². The summed E-state index contributed by atoms with van der Waals surface area (Å²) in [6, 6.07) is 8.70. The smallest absolute Gasteiger partial charge is 0.453 e. The van der Waals surface area contributed by atoms with Crippen LogP contribution in [0.3, 0.4) is 0 Å². The molecule has 0 bridgehead atoms. The highest BCUT2D eigenvalue weighted by atomic mass is 19.4. The first-order chi connectivity index (χ1) is 15.1. The highest BCUT2D eigenvalue weighted by Crippen LogP contribution is 2.39. The van der Waals surface area contributed by atoms with Crippen molar-refractivity contribution in [1.29, 1.82) is 0 Å². The van der Waals surface area contributed by atoms with Crippen LogP contribution in [0, 0.1) is 13.8 Å². The van der Waals surface area contributed by atoms with Crippen molar-refractivity contribution in [2.75, 3.05) is 13.2 Å². The average Bonchev–Trinajstić information content (AvgIpc) is 2.74. The summed E-state index contributed by atoms with van der Waals surface area (Å²) in [6.07, 6.45) is -4.35. The molecule has 0 saturated heterocycles. The van der Waals surface area contributed by atoms with E-state index >= 15 is 0 Å². The van der Waals surface area contributed by atoms with Crippen LogP contribution in [0.2, 0.25) is 0 Å². The summed E-state index contributed by atoms with van der Waals surface area (Å²) in [5.74, 6) is -2.97. The molecule has 0 N–H and O–H groups in total. The number of benzene rings is 2. The first-order valence-electron chi connectivity index (χ1n) is 9.81. The van der Waals surface area contributed by atoms with Gasteiger partial charge in [0, 0.05) is 6.07 Å². The van der Waals surface area contributed by atoms with Crippen molar-refractivity contribution in [3.8, 4) is 17.2 Å². The standard InChI is InChI=1S/C23H21F3O6/c1-4-9-29-19(27)12-30-15-7-8-16-18(11-15)32-22(23(24,25)26)21(20(16)28)31-17-10-13(2)5-6-14(17)3/h5-8,10-11H,4,9,12H2,1-3H3. The molecule has 2 aromatic carbocycles. The number of aryl methyl sites for hydroxylation is 2. The van der Waals surface area contributed by atoms with Gasteiger partial charge in [-0.1, -0.05) is 19.1 Å². The van der Waals surface area contributed by atoms with Gasteiger partial charge >= 0.3 is 12.1 Å². The lowest BCUT2D eigenvalue weighted by molar-refractivity contribution is -0.154. The average molecular weight is 450 g/mol. The summed E-state index contributed by atoms with van der Waals surface area (Å²) in [5, 5.41) is -0.126. The van der Waals surface area contributed by atoms with Crippen molar-refractivity contribution in [3.63, 3.8) is 0 Å².